The summed E-state index contributed by atoms with van der Waals surface area (Å²) in [4.78, 5) is 58.6. The largest absolute Gasteiger partial charge is 0.508 e. The van der Waals surface area contributed by atoms with Crippen LogP contribution in [0.15, 0.2) is 48.5 Å². The lowest BCUT2D eigenvalue weighted by Gasteiger charge is -2.62. The topological polar surface area (TPSA) is 240 Å². The van der Waals surface area contributed by atoms with Crippen LogP contribution in [0.2, 0.25) is 0 Å². The van der Waals surface area contributed by atoms with Crippen LogP contribution in [0.25, 0.3) is 0 Å². The van der Waals surface area contributed by atoms with Crippen molar-refractivity contribution in [3.05, 3.63) is 59.7 Å². The van der Waals surface area contributed by atoms with Gasteiger partial charge in [0.05, 0.1) is 39.5 Å². The maximum absolute atomic E-state index is 12.4. The van der Waals surface area contributed by atoms with E-state index in [1.807, 2.05) is 107 Å². The second-order valence-electron chi connectivity index (χ2n) is 33.0. The molecule has 17 heteroatoms. The number of aliphatic hydroxyl groups is 2. The molecule has 1 saturated heterocycles. The first kappa shape index (κ1) is 86.0. The summed E-state index contributed by atoms with van der Waals surface area (Å²) in [7, 11) is 1.57. The van der Waals surface area contributed by atoms with Gasteiger partial charge in [0.15, 0.2) is 6.10 Å². The maximum atomic E-state index is 12.4. The SMILES string of the molecule is CCC(C)(C)C(=O)OC(CC(C)(C)C)OC.CCC(C)(C)C(=O)OC(CC(C)(C)C)OCC(C)(C)C.CCC(C)(C)C(=O)OC12CC3CC(O)(CC(O)(C3)C1)C2.CCC(C)(C)C(=O)OCC1COC(=O)O1.CCC(C)c1ccc(O)cc1.CCC(C)c1ccc(O)cc1. The summed E-state index contributed by atoms with van der Waals surface area (Å²) in [5.74, 6) is 1.30. The number of carbonyl (C=O) groups excluding carboxylic acids is 5. The molecular formula is C76H130O17. The van der Waals surface area contributed by atoms with Gasteiger partial charge in [-0.3, -0.25) is 19.2 Å². The fraction of sp³-hybridized carbons (Fsp3) is 0.776. The molecule has 536 valence electrons. The van der Waals surface area contributed by atoms with Gasteiger partial charge in [0.2, 0.25) is 12.6 Å². The highest BCUT2D eigenvalue weighted by Crippen LogP contribution is 2.61. The molecule has 93 heavy (non-hydrogen) atoms. The van der Waals surface area contributed by atoms with Gasteiger partial charge in [-0.2, -0.15) is 0 Å². The fourth-order valence-electron chi connectivity index (χ4n) is 10.4. The van der Waals surface area contributed by atoms with E-state index < -0.39 is 63.3 Å². The number of phenolic OH excluding ortho intramolecular Hbond substituents is 2. The first-order valence-corrected chi connectivity index (χ1v) is 34.2. The lowest BCUT2D eigenvalue weighted by atomic mass is 9.50. The molecular weight excluding hydrogens is 1180 g/mol. The quantitative estimate of drug-likeness (QED) is 0.0487. The first-order chi connectivity index (χ1) is 42.4. The summed E-state index contributed by atoms with van der Waals surface area (Å²) in [6, 6.07) is 14.9. The molecule has 4 N–H and O–H groups in total. The fourth-order valence-corrected chi connectivity index (χ4v) is 10.4. The predicted octanol–water partition coefficient (Wildman–Crippen LogP) is 17.6. The van der Waals surface area contributed by atoms with Crippen LogP contribution < -0.4 is 0 Å². The number of carbonyl (C=O) groups is 5. The Morgan fingerprint density at radius 2 is 0.914 bits per heavy atom. The normalized spacial score (nSPS) is 22.2. The lowest BCUT2D eigenvalue weighted by Crippen LogP contribution is -2.67. The molecule has 0 radical (unpaired) electrons. The molecule has 7 atom stereocenters. The van der Waals surface area contributed by atoms with Crippen LogP contribution in [0.4, 0.5) is 4.79 Å². The van der Waals surface area contributed by atoms with E-state index in [2.05, 4.69) is 94.7 Å². The van der Waals surface area contributed by atoms with Crippen molar-refractivity contribution in [1.29, 1.82) is 0 Å². The molecule has 1 aliphatic heterocycles. The Hall–Kier alpha value is -4.97. The Balaban J connectivity index is 0.000000566. The minimum absolute atomic E-state index is 0.0548. The van der Waals surface area contributed by atoms with Gasteiger partial charge in [0.25, 0.3) is 0 Å². The third-order valence-electron chi connectivity index (χ3n) is 18.2. The number of phenols is 2. The van der Waals surface area contributed by atoms with E-state index in [4.69, 9.17) is 43.4 Å². The highest BCUT2D eigenvalue weighted by atomic mass is 16.8. The predicted molar refractivity (Wildman–Crippen MR) is 367 cm³/mol. The Kier molecular flexibility index (Phi) is 33.7. The number of rotatable bonds is 22. The molecule has 7 unspecified atom stereocenters. The van der Waals surface area contributed by atoms with Crippen LogP contribution in [0.5, 0.6) is 11.5 Å². The second kappa shape index (κ2) is 36.4. The van der Waals surface area contributed by atoms with Crippen molar-refractivity contribution in [2.45, 2.75) is 310 Å². The molecule has 1 heterocycles. The van der Waals surface area contributed by atoms with Gasteiger partial charge in [-0.05, 0) is 183 Å². The van der Waals surface area contributed by atoms with Gasteiger partial charge in [0, 0.05) is 39.2 Å². The third-order valence-corrected chi connectivity index (χ3v) is 18.2. The molecule has 17 nitrogen and oxygen atoms in total. The van der Waals surface area contributed by atoms with Crippen molar-refractivity contribution < 1.29 is 82.3 Å². The average Bonchev–Trinajstić information content (AvgIpc) is 0.884. The van der Waals surface area contributed by atoms with Crippen LogP contribution >= 0.6 is 0 Å². The van der Waals surface area contributed by atoms with Crippen molar-refractivity contribution in [2.75, 3.05) is 26.9 Å². The summed E-state index contributed by atoms with van der Waals surface area (Å²) in [6.07, 6.45) is 8.25. The Morgan fingerprint density at radius 1 is 0.538 bits per heavy atom. The van der Waals surface area contributed by atoms with Gasteiger partial charge in [-0.15, -0.1) is 0 Å². The van der Waals surface area contributed by atoms with Crippen LogP contribution in [-0.4, -0.2) is 113 Å². The van der Waals surface area contributed by atoms with Gasteiger partial charge < -0.3 is 58.3 Å². The van der Waals surface area contributed by atoms with E-state index in [9.17, 15) is 34.2 Å². The van der Waals surface area contributed by atoms with Gasteiger partial charge >= 0.3 is 30.0 Å². The molecule has 5 aliphatic rings. The molecule has 7 rings (SSSR count). The van der Waals surface area contributed by atoms with Crippen LogP contribution in [0, 0.1) is 43.8 Å². The zero-order valence-corrected chi connectivity index (χ0v) is 62.7. The zero-order valence-electron chi connectivity index (χ0n) is 62.7. The van der Waals surface area contributed by atoms with Crippen molar-refractivity contribution in [3.8, 4) is 11.5 Å². The number of aromatic hydroxyl groups is 2. The number of ether oxygens (including phenoxy) is 8. The number of hydrogen-bond acceptors (Lipinski definition) is 17. The molecule has 4 aliphatic carbocycles. The number of hydrogen-bond donors (Lipinski definition) is 4. The smallest absolute Gasteiger partial charge is 0.508 e. The lowest BCUT2D eigenvalue weighted by molar-refractivity contribution is -0.264. The highest BCUT2D eigenvalue weighted by molar-refractivity contribution is 5.77. The summed E-state index contributed by atoms with van der Waals surface area (Å²) < 4.78 is 42.2. The van der Waals surface area contributed by atoms with E-state index >= 15 is 0 Å². The van der Waals surface area contributed by atoms with Gasteiger partial charge in [0.1, 0.15) is 30.3 Å². The van der Waals surface area contributed by atoms with Gasteiger partial charge in [-0.25, -0.2) is 4.79 Å². The van der Waals surface area contributed by atoms with Crippen LogP contribution in [0.1, 0.15) is 286 Å². The zero-order chi connectivity index (χ0) is 72.0. The summed E-state index contributed by atoms with van der Waals surface area (Å²) in [5.41, 5.74) is -1.44. The van der Waals surface area contributed by atoms with Gasteiger partial charge in [-0.1, -0.05) is 142 Å². The average molecular weight is 1320 g/mol. The molecule has 5 fully saturated rings. The van der Waals surface area contributed by atoms with Crippen molar-refractivity contribution in [3.63, 3.8) is 0 Å². The standard InChI is InChI=1S/C17H34O3.C16H26O4.C13H26O3.C10H16O5.2C10H14O/c1-10-17(8,9)14(18)20-13(11-15(2,3)4)19-12-16(5,6)7;1-4-13(2,3)12(17)20-16-7-11-5-14(18,9-16)8-15(19,6-11)10-16;1-8-13(5,6)11(14)16-10(15-7)9-12(2,3)4;1-4-10(2,3)8(11)13-5-7-6-14-9(12)15-7;2*1-3-8(2)9-4-6-10(11)7-5-9/h13H,10-12H2,1-9H3;11,18-19H,4-10H2,1-3H3;10H,8-9H2,1-7H3;7H,4-6H2,1-3H3;2*4-8,11H,3H2,1-2H3. The molecule has 2 aromatic rings. The molecule has 4 saturated carbocycles. The number of benzene rings is 2. The van der Waals surface area contributed by atoms with E-state index in [1.165, 1.54) is 11.1 Å². The van der Waals surface area contributed by atoms with E-state index in [0.717, 1.165) is 51.4 Å². The Bertz CT molecular complexity index is 2490. The summed E-state index contributed by atoms with van der Waals surface area (Å²) in [5, 5.41) is 39.3. The highest BCUT2D eigenvalue weighted by Gasteiger charge is 2.65. The van der Waals surface area contributed by atoms with Crippen molar-refractivity contribution >= 4 is 30.0 Å². The number of cyclic esters (lactones) is 2. The minimum Gasteiger partial charge on any atom is -0.508 e. The molecule has 0 aromatic heterocycles. The van der Waals surface area contributed by atoms with Crippen molar-refractivity contribution in [1.82, 2.24) is 0 Å². The van der Waals surface area contributed by atoms with Crippen LogP contribution in [-0.2, 0) is 57.1 Å². The monoisotopic (exact) mass is 1310 g/mol. The van der Waals surface area contributed by atoms with Crippen molar-refractivity contribution in [2.24, 2.45) is 43.8 Å². The maximum Gasteiger partial charge on any atom is 0.508 e. The molecule has 2 aromatic carbocycles. The van der Waals surface area contributed by atoms with E-state index in [0.29, 0.717) is 68.5 Å². The Labute approximate surface area is 562 Å². The summed E-state index contributed by atoms with van der Waals surface area (Å²) >= 11 is 0. The molecule has 0 spiro atoms. The van der Waals surface area contributed by atoms with Crippen LogP contribution in [0.3, 0.4) is 0 Å². The number of methoxy groups -OCH3 is 1. The third kappa shape index (κ3) is 31.6. The second-order valence-corrected chi connectivity index (χ2v) is 33.0. The summed E-state index contributed by atoms with van der Waals surface area (Å²) in [6.45, 7) is 51.3. The first-order valence-electron chi connectivity index (χ1n) is 34.2. The minimum atomic E-state index is -0.842. The van der Waals surface area contributed by atoms with E-state index in [1.54, 1.807) is 31.4 Å². The molecule has 0 amide bonds. The molecule has 4 bridgehead atoms. The van der Waals surface area contributed by atoms with E-state index in [-0.39, 0.29) is 59.3 Å². The Morgan fingerprint density at radius 3 is 1.25 bits per heavy atom. The number of esters is 4.